The van der Waals surface area contributed by atoms with Gasteiger partial charge in [0.2, 0.25) is 0 Å². The Kier molecular flexibility index (Phi) is 41.2. The van der Waals surface area contributed by atoms with Gasteiger partial charge in [0.1, 0.15) is 19.0 Å². The standard InChI is InChI=1S/C55H108N2O5/c1-9-13-17-21-25-35-43-56(44-36-26-22-18-14-10-2)47-49-61-52(59)54(5,6)41-33-29-31-39-51(58)40-32-30-34-42-55(7,8)53(60)62-50-48-57(45-37-27-23-19-15-11-3)46-38-28-24-20-16-12-4/h9-50H2,1-8H3. The summed E-state index contributed by atoms with van der Waals surface area (Å²) in [7, 11) is 0. The topological polar surface area (TPSA) is 76.1 Å². The molecule has 0 rings (SSSR count). The van der Waals surface area contributed by atoms with Crippen molar-refractivity contribution in [2.45, 2.75) is 274 Å². The molecule has 62 heavy (non-hydrogen) atoms. The van der Waals surface area contributed by atoms with Crippen molar-refractivity contribution in [1.29, 1.82) is 0 Å². The minimum Gasteiger partial charge on any atom is -0.464 e. The first-order chi connectivity index (χ1) is 29.9. The van der Waals surface area contributed by atoms with Crippen molar-refractivity contribution in [2.75, 3.05) is 52.5 Å². The van der Waals surface area contributed by atoms with Gasteiger partial charge >= 0.3 is 11.9 Å². The van der Waals surface area contributed by atoms with E-state index < -0.39 is 10.8 Å². The number of unbranched alkanes of at least 4 members (excludes halogenated alkanes) is 24. The summed E-state index contributed by atoms with van der Waals surface area (Å²) in [4.78, 5) is 43.9. The van der Waals surface area contributed by atoms with Crippen molar-refractivity contribution in [3.8, 4) is 0 Å². The van der Waals surface area contributed by atoms with Gasteiger partial charge in [0.05, 0.1) is 10.8 Å². The second kappa shape index (κ2) is 42.2. The highest BCUT2D eigenvalue weighted by Gasteiger charge is 2.30. The van der Waals surface area contributed by atoms with Crippen molar-refractivity contribution in [1.82, 2.24) is 9.80 Å². The molecule has 0 aromatic carbocycles. The van der Waals surface area contributed by atoms with E-state index in [1.807, 2.05) is 27.7 Å². The average Bonchev–Trinajstić information content (AvgIpc) is 3.24. The maximum absolute atomic E-state index is 13.1. The van der Waals surface area contributed by atoms with Gasteiger partial charge in [-0.05, 0) is 105 Å². The van der Waals surface area contributed by atoms with Crippen molar-refractivity contribution < 1.29 is 23.9 Å². The fourth-order valence-corrected chi connectivity index (χ4v) is 8.52. The SMILES string of the molecule is CCCCCCCCN(CCCCCCCC)CCOC(=O)C(C)(C)CCCCCC(=O)CCCCCC(C)(C)C(=O)OCCN(CCCCCCCC)CCCCCCCC. The van der Waals surface area contributed by atoms with Gasteiger partial charge in [-0.1, -0.05) is 182 Å². The van der Waals surface area contributed by atoms with E-state index in [2.05, 4.69) is 37.5 Å². The Bertz CT molecular complexity index is 919. The molecule has 0 N–H and O–H groups in total. The molecule has 0 saturated carbocycles. The lowest BCUT2D eigenvalue weighted by molar-refractivity contribution is -0.155. The van der Waals surface area contributed by atoms with Crippen molar-refractivity contribution in [2.24, 2.45) is 10.8 Å². The van der Waals surface area contributed by atoms with Crippen molar-refractivity contribution >= 4 is 17.7 Å². The fourth-order valence-electron chi connectivity index (χ4n) is 8.52. The number of hydrogen-bond acceptors (Lipinski definition) is 7. The van der Waals surface area contributed by atoms with Crippen LogP contribution in [0.1, 0.15) is 274 Å². The molecule has 0 radical (unpaired) electrons. The Hall–Kier alpha value is -1.47. The van der Waals surface area contributed by atoms with Gasteiger partial charge in [0.25, 0.3) is 0 Å². The zero-order valence-corrected chi connectivity index (χ0v) is 43.1. The van der Waals surface area contributed by atoms with Crippen LogP contribution in [0.25, 0.3) is 0 Å². The third kappa shape index (κ3) is 36.8. The number of rotatable bonds is 48. The first-order valence-electron chi connectivity index (χ1n) is 27.2. The quantitative estimate of drug-likeness (QED) is 0.0445. The van der Waals surface area contributed by atoms with Crippen molar-refractivity contribution in [3.63, 3.8) is 0 Å². The van der Waals surface area contributed by atoms with Gasteiger partial charge in [0.15, 0.2) is 0 Å². The van der Waals surface area contributed by atoms with Crippen LogP contribution in [0, 0.1) is 10.8 Å². The number of ether oxygens (including phenoxy) is 2. The minimum absolute atomic E-state index is 0.0895. The largest absolute Gasteiger partial charge is 0.464 e. The molecule has 0 aromatic rings. The fraction of sp³-hybridized carbons (Fsp3) is 0.945. The summed E-state index contributed by atoms with van der Waals surface area (Å²) >= 11 is 0. The molecule has 0 atom stereocenters. The van der Waals surface area contributed by atoms with Gasteiger partial charge < -0.3 is 9.47 Å². The van der Waals surface area contributed by atoms with E-state index in [4.69, 9.17) is 9.47 Å². The van der Waals surface area contributed by atoms with E-state index in [1.54, 1.807) is 0 Å². The van der Waals surface area contributed by atoms with Gasteiger partial charge in [-0.3, -0.25) is 24.2 Å². The number of nitrogens with zero attached hydrogens (tertiary/aromatic N) is 2. The molecular formula is C55H108N2O5. The van der Waals surface area contributed by atoms with Crippen LogP contribution < -0.4 is 0 Å². The van der Waals surface area contributed by atoms with Gasteiger partial charge in [-0.25, -0.2) is 0 Å². The van der Waals surface area contributed by atoms with E-state index in [0.29, 0.717) is 31.8 Å². The van der Waals surface area contributed by atoms with Crippen LogP contribution in [0.4, 0.5) is 0 Å². The lowest BCUT2D eigenvalue weighted by Gasteiger charge is -2.25. The van der Waals surface area contributed by atoms with E-state index in [1.165, 1.54) is 154 Å². The predicted octanol–water partition coefficient (Wildman–Crippen LogP) is 15.6. The molecule has 0 heterocycles. The summed E-state index contributed by atoms with van der Waals surface area (Å²) in [6.07, 6.45) is 39.6. The zero-order chi connectivity index (χ0) is 46.0. The van der Waals surface area contributed by atoms with Gasteiger partial charge in [0, 0.05) is 25.9 Å². The number of Topliss-reactive ketones (excluding diaryl/α,β-unsaturated/α-hetero) is 1. The molecule has 0 aliphatic heterocycles. The second-order valence-electron chi connectivity index (χ2n) is 20.5. The second-order valence-corrected chi connectivity index (χ2v) is 20.5. The van der Waals surface area contributed by atoms with Gasteiger partial charge in [-0.15, -0.1) is 0 Å². The first kappa shape index (κ1) is 60.5. The highest BCUT2D eigenvalue weighted by Crippen LogP contribution is 2.27. The number of ketones is 1. The number of carbonyl (C=O) groups excluding carboxylic acids is 3. The van der Waals surface area contributed by atoms with Crippen LogP contribution in [0.5, 0.6) is 0 Å². The van der Waals surface area contributed by atoms with Crippen LogP contribution in [-0.2, 0) is 23.9 Å². The van der Waals surface area contributed by atoms with Gasteiger partial charge in [-0.2, -0.15) is 0 Å². The Balaban J connectivity index is 4.36. The van der Waals surface area contributed by atoms with E-state index >= 15 is 0 Å². The third-order valence-corrected chi connectivity index (χ3v) is 13.2. The van der Waals surface area contributed by atoms with Crippen LogP contribution in [0.3, 0.4) is 0 Å². The summed E-state index contributed by atoms with van der Waals surface area (Å²) in [6.45, 7) is 24.1. The Labute approximate surface area is 387 Å². The van der Waals surface area contributed by atoms with Crippen LogP contribution >= 0.6 is 0 Å². The smallest absolute Gasteiger partial charge is 0.311 e. The molecule has 0 spiro atoms. The predicted molar refractivity (Wildman–Crippen MR) is 267 cm³/mol. The zero-order valence-electron chi connectivity index (χ0n) is 43.1. The van der Waals surface area contributed by atoms with E-state index in [9.17, 15) is 14.4 Å². The molecule has 0 aromatic heterocycles. The molecule has 7 nitrogen and oxygen atoms in total. The summed E-state index contributed by atoms with van der Waals surface area (Å²) in [6, 6.07) is 0. The Morgan fingerprint density at radius 1 is 0.339 bits per heavy atom. The maximum Gasteiger partial charge on any atom is 0.311 e. The summed E-state index contributed by atoms with van der Waals surface area (Å²) in [5.41, 5.74) is -1.01. The summed E-state index contributed by atoms with van der Waals surface area (Å²) in [5.74, 6) is 0.155. The molecule has 7 heteroatoms. The maximum atomic E-state index is 13.1. The van der Waals surface area contributed by atoms with Crippen LogP contribution in [0.2, 0.25) is 0 Å². The first-order valence-corrected chi connectivity index (χ1v) is 27.2. The highest BCUT2D eigenvalue weighted by atomic mass is 16.5. The Morgan fingerprint density at radius 3 is 0.887 bits per heavy atom. The third-order valence-electron chi connectivity index (χ3n) is 13.2. The van der Waals surface area contributed by atoms with Crippen LogP contribution in [-0.4, -0.2) is 80.0 Å². The van der Waals surface area contributed by atoms with E-state index in [0.717, 1.165) is 90.6 Å². The summed E-state index contributed by atoms with van der Waals surface area (Å²) < 4.78 is 11.7. The monoisotopic (exact) mass is 877 g/mol. The highest BCUT2D eigenvalue weighted by molar-refractivity contribution is 5.78. The van der Waals surface area contributed by atoms with Crippen molar-refractivity contribution in [3.05, 3.63) is 0 Å². The Morgan fingerprint density at radius 2 is 0.597 bits per heavy atom. The molecule has 0 saturated heterocycles. The number of hydrogen-bond donors (Lipinski definition) is 0. The minimum atomic E-state index is -0.506. The molecule has 0 aliphatic carbocycles. The summed E-state index contributed by atoms with van der Waals surface area (Å²) in [5, 5.41) is 0. The molecule has 368 valence electrons. The molecular weight excluding hydrogens is 769 g/mol. The molecule has 0 unspecified atom stereocenters. The lowest BCUT2D eigenvalue weighted by Crippen LogP contribution is -2.33. The van der Waals surface area contributed by atoms with E-state index in [-0.39, 0.29) is 11.9 Å². The molecule has 0 amide bonds. The number of carbonyl (C=O) groups is 3. The molecule has 0 fully saturated rings. The average molecular weight is 877 g/mol. The molecule has 0 aliphatic rings. The molecule has 0 bridgehead atoms. The number of esters is 2. The normalized spacial score (nSPS) is 12.2. The van der Waals surface area contributed by atoms with Crippen LogP contribution in [0.15, 0.2) is 0 Å². The lowest BCUT2D eigenvalue weighted by atomic mass is 9.86.